The Kier molecular flexibility index (Phi) is 5.09. The van der Waals surface area contributed by atoms with E-state index in [4.69, 9.17) is 0 Å². The Labute approximate surface area is 98.4 Å². The van der Waals surface area contributed by atoms with Crippen molar-refractivity contribution in [2.24, 2.45) is 0 Å². The van der Waals surface area contributed by atoms with Gasteiger partial charge >= 0.3 is 0 Å². The smallest absolute Gasteiger partial charge is 0.0397 e. The fraction of sp³-hybridized carbons (Fsp3) is 0.600. The number of thiophene rings is 1. The van der Waals surface area contributed by atoms with Crippen molar-refractivity contribution in [2.75, 3.05) is 27.2 Å². The summed E-state index contributed by atoms with van der Waals surface area (Å²) in [6.45, 7) is 4.30. The van der Waals surface area contributed by atoms with E-state index in [-0.39, 0.29) is 0 Å². The van der Waals surface area contributed by atoms with Gasteiger partial charge in [-0.05, 0) is 48.4 Å². The molecule has 2 nitrogen and oxygen atoms in total. The summed E-state index contributed by atoms with van der Waals surface area (Å²) in [6, 6.07) is 2.54. The molecule has 14 heavy (non-hydrogen) atoms. The predicted molar refractivity (Wildman–Crippen MR) is 67.0 cm³/mol. The molecule has 0 aliphatic rings. The van der Waals surface area contributed by atoms with Gasteiger partial charge in [-0.25, -0.2) is 0 Å². The lowest BCUT2D eigenvalue weighted by Crippen LogP contribution is -2.28. The van der Waals surface area contributed by atoms with Gasteiger partial charge < -0.3 is 10.2 Å². The van der Waals surface area contributed by atoms with Crippen LogP contribution in [0.5, 0.6) is 0 Å². The van der Waals surface area contributed by atoms with Gasteiger partial charge in [-0.3, -0.25) is 0 Å². The lowest BCUT2D eigenvalue weighted by Gasteiger charge is -2.15. The number of halogens is 1. The first-order chi connectivity index (χ1) is 6.61. The SMILES string of the molecule is CC(NCCN(C)C)c1sccc1Br. The van der Waals surface area contributed by atoms with Crippen LogP contribution in [-0.2, 0) is 0 Å². The zero-order chi connectivity index (χ0) is 10.6. The molecule has 80 valence electrons. The lowest BCUT2D eigenvalue weighted by atomic mass is 10.3. The number of rotatable bonds is 5. The summed E-state index contributed by atoms with van der Waals surface area (Å²) in [6.07, 6.45) is 0. The van der Waals surface area contributed by atoms with E-state index in [0.29, 0.717) is 6.04 Å². The van der Waals surface area contributed by atoms with Crippen molar-refractivity contribution < 1.29 is 0 Å². The summed E-state index contributed by atoms with van der Waals surface area (Å²) in [5.74, 6) is 0. The van der Waals surface area contributed by atoms with Crippen LogP contribution in [0.15, 0.2) is 15.9 Å². The van der Waals surface area contributed by atoms with Crippen LogP contribution >= 0.6 is 27.3 Å². The van der Waals surface area contributed by atoms with Gasteiger partial charge in [-0.1, -0.05) is 0 Å². The predicted octanol–water partition coefficient (Wildman–Crippen LogP) is 2.72. The van der Waals surface area contributed by atoms with E-state index in [1.54, 1.807) is 11.3 Å². The summed E-state index contributed by atoms with van der Waals surface area (Å²) >= 11 is 5.34. The normalized spacial score (nSPS) is 13.5. The van der Waals surface area contributed by atoms with E-state index < -0.39 is 0 Å². The summed E-state index contributed by atoms with van der Waals surface area (Å²) < 4.78 is 1.22. The molecule has 4 heteroatoms. The minimum atomic E-state index is 0.435. The zero-order valence-electron chi connectivity index (χ0n) is 8.88. The third-order valence-electron chi connectivity index (χ3n) is 2.05. The van der Waals surface area contributed by atoms with Crippen LogP contribution in [0.1, 0.15) is 17.8 Å². The fourth-order valence-electron chi connectivity index (χ4n) is 1.21. The maximum atomic E-state index is 3.55. The lowest BCUT2D eigenvalue weighted by molar-refractivity contribution is 0.390. The van der Waals surface area contributed by atoms with E-state index in [9.17, 15) is 0 Å². The molecule has 0 aliphatic carbocycles. The second-order valence-electron chi connectivity index (χ2n) is 3.61. The molecule has 1 heterocycles. The Morgan fingerprint density at radius 3 is 2.79 bits per heavy atom. The van der Waals surface area contributed by atoms with E-state index >= 15 is 0 Å². The molecule has 1 N–H and O–H groups in total. The molecule has 0 spiro atoms. The molecule has 0 amide bonds. The topological polar surface area (TPSA) is 15.3 Å². The molecule has 1 unspecified atom stereocenters. The van der Waals surface area contributed by atoms with Crippen LogP contribution < -0.4 is 5.32 Å². The van der Waals surface area contributed by atoms with Gasteiger partial charge in [0.25, 0.3) is 0 Å². The van der Waals surface area contributed by atoms with Crippen molar-refractivity contribution in [1.29, 1.82) is 0 Å². The summed E-state index contributed by atoms with van der Waals surface area (Å²) in [7, 11) is 4.18. The molecular formula is C10H17BrN2S. The van der Waals surface area contributed by atoms with Gasteiger partial charge in [0.1, 0.15) is 0 Å². The Hall–Kier alpha value is 0.100. The third-order valence-corrected chi connectivity index (χ3v) is 4.10. The Bertz CT molecular complexity index is 273. The first kappa shape index (κ1) is 12.2. The molecule has 0 fully saturated rings. The van der Waals surface area contributed by atoms with Crippen molar-refractivity contribution in [3.63, 3.8) is 0 Å². The third kappa shape index (κ3) is 3.69. The van der Waals surface area contributed by atoms with Crippen LogP contribution in [0.2, 0.25) is 0 Å². The van der Waals surface area contributed by atoms with Crippen LogP contribution in [0.4, 0.5) is 0 Å². The monoisotopic (exact) mass is 276 g/mol. The number of likely N-dealkylation sites (N-methyl/N-ethyl adjacent to an activating group) is 1. The van der Waals surface area contributed by atoms with E-state index in [0.717, 1.165) is 13.1 Å². The maximum absolute atomic E-state index is 3.55. The van der Waals surface area contributed by atoms with Gasteiger partial charge in [0.2, 0.25) is 0 Å². The van der Waals surface area contributed by atoms with Gasteiger partial charge in [0, 0.05) is 28.5 Å². The first-order valence-electron chi connectivity index (χ1n) is 4.72. The minimum absolute atomic E-state index is 0.435. The Balaban J connectivity index is 2.36. The first-order valence-corrected chi connectivity index (χ1v) is 6.39. The average molecular weight is 277 g/mol. The van der Waals surface area contributed by atoms with Crippen LogP contribution in [-0.4, -0.2) is 32.1 Å². The number of nitrogens with one attached hydrogen (secondary N) is 1. The van der Waals surface area contributed by atoms with Crippen LogP contribution in [0.3, 0.4) is 0 Å². The highest BCUT2D eigenvalue weighted by atomic mass is 79.9. The second kappa shape index (κ2) is 5.85. The Morgan fingerprint density at radius 1 is 1.57 bits per heavy atom. The van der Waals surface area contributed by atoms with Crippen LogP contribution in [0.25, 0.3) is 0 Å². The number of hydrogen-bond donors (Lipinski definition) is 1. The summed E-state index contributed by atoms with van der Waals surface area (Å²) in [4.78, 5) is 3.56. The minimum Gasteiger partial charge on any atom is -0.308 e. The number of nitrogens with zero attached hydrogens (tertiary/aromatic N) is 1. The molecule has 1 atom stereocenters. The Morgan fingerprint density at radius 2 is 2.29 bits per heavy atom. The summed E-state index contributed by atoms with van der Waals surface area (Å²) in [5.41, 5.74) is 0. The zero-order valence-corrected chi connectivity index (χ0v) is 11.3. The van der Waals surface area contributed by atoms with Crippen molar-refractivity contribution in [2.45, 2.75) is 13.0 Å². The maximum Gasteiger partial charge on any atom is 0.0397 e. The molecule has 1 aromatic heterocycles. The summed E-state index contributed by atoms with van der Waals surface area (Å²) in [5, 5.41) is 5.61. The molecule has 1 rings (SSSR count). The largest absolute Gasteiger partial charge is 0.308 e. The number of hydrogen-bond acceptors (Lipinski definition) is 3. The molecule has 0 saturated heterocycles. The van der Waals surface area contributed by atoms with Gasteiger partial charge in [-0.2, -0.15) is 0 Å². The highest BCUT2D eigenvalue weighted by Gasteiger charge is 2.09. The highest BCUT2D eigenvalue weighted by molar-refractivity contribution is 9.10. The van der Waals surface area contributed by atoms with E-state index in [2.05, 4.69) is 58.6 Å². The van der Waals surface area contributed by atoms with Gasteiger partial charge in [-0.15, -0.1) is 11.3 Å². The van der Waals surface area contributed by atoms with Crippen molar-refractivity contribution >= 4 is 27.3 Å². The highest BCUT2D eigenvalue weighted by Crippen LogP contribution is 2.28. The molecule has 0 aromatic carbocycles. The average Bonchev–Trinajstić information content (AvgIpc) is 2.50. The fourth-order valence-corrected chi connectivity index (χ4v) is 2.96. The van der Waals surface area contributed by atoms with E-state index in [1.165, 1.54) is 9.35 Å². The molecule has 1 aromatic rings. The molecule has 0 bridgehead atoms. The van der Waals surface area contributed by atoms with Gasteiger partial charge in [0.05, 0.1) is 0 Å². The molecule has 0 saturated carbocycles. The van der Waals surface area contributed by atoms with Crippen LogP contribution in [0, 0.1) is 0 Å². The molecular weight excluding hydrogens is 260 g/mol. The van der Waals surface area contributed by atoms with Crippen molar-refractivity contribution in [3.8, 4) is 0 Å². The molecule has 0 radical (unpaired) electrons. The van der Waals surface area contributed by atoms with Gasteiger partial charge in [0.15, 0.2) is 0 Å². The standard InChI is InChI=1S/C10H17BrN2S/c1-8(12-5-6-13(2)3)10-9(11)4-7-14-10/h4,7-8,12H,5-6H2,1-3H3. The quantitative estimate of drug-likeness (QED) is 0.890. The van der Waals surface area contributed by atoms with Crippen molar-refractivity contribution in [3.05, 3.63) is 20.8 Å². The van der Waals surface area contributed by atoms with Crippen molar-refractivity contribution in [1.82, 2.24) is 10.2 Å². The molecule has 0 aliphatic heterocycles. The van der Waals surface area contributed by atoms with E-state index in [1.807, 2.05) is 0 Å². The second-order valence-corrected chi connectivity index (χ2v) is 5.41.